The van der Waals surface area contributed by atoms with Crippen molar-refractivity contribution in [2.75, 3.05) is 13.1 Å². The van der Waals surface area contributed by atoms with Crippen LogP contribution >= 0.6 is 0 Å². The van der Waals surface area contributed by atoms with Gasteiger partial charge in [-0.25, -0.2) is 4.79 Å². The standard InChI is InChI=1S/C5H6N2.C2HF3O2/c6-2-1-5-3-7-4-5;3-2(4,5)1(6)7/h1,7H,3-4H2;(H,6,7). The quantitative estimate of drug-likeness (QED) is 0.574. The molecule has 0 bridgehead atoms. The van der Waals surface area contributed by atoms with Crippen LogP contribution in [0.2, 0.25) is 0 Å². The topological polar surface area (TPSA) is 73.1 Å². The van der Waals surface area contributed by atoms with Crippen LogP contribution < -0.4 is 5.32 Å². The third-order valence-corrected chi connectivity index (χ3v) is 1.22. The van der Waals surface area contributed by atoms with Crippen LogP contribution in [-0.2, 0) is 4.79 Å². The highest BCUT2D eigenvalue weighted by Crippen LogP contribution is 2.13. The minimum absolute atomic E-state index is 0.910. The van der Waals surface area contributed by atoms with Gasteiger partial charge in [-0.3, -0.25) is 0 Å². The number of nitrogens with one attached hydrogen (secondary N) is 1. The molecule has 7 heteroatoms. The summed E-state index contributed by atoms with van der Waals surface area (Å²) in [6.45, 7) is 1.82. The van der Waals surface area contributed by atoms with Crippen LogP contribution in [0.25, 0.3) is 0 Å². The second-order valence-electron chi connectivity index (χ2n) is 2.34. The van der Waals surface area contributed by atoms with Crippen LogP contribution in [-0.4, -0.2) is 30.3 Å². The second-order valence-corrected chi connectivity index (χ2v) is 2.34. The van der Waals surface area contributed by atoms with Gasteiger partial charge in [0.25, 0.3) is 0 Å². The number of carboxylic acids is 1. The van der Waals surface area contributed by atoms with Crippen LogP contribution in [0.5, 0.6) is 0 Å². The van der Waals surface area contributed by atoms with Crippen molar-refractivity contribution < 1.29 is 23.1 Å². The number of aliphatic carboxylic acids is 1. The number of hydrogen-bond acceptors (Lipinski definition) is 3. The first-order chi connectivity index (χ1) is 6.38. The van der Waals surface area contributed by atoms with Gasteiger partial charge in [-0.2, -0.15) is 18.4 Å². The van der Waals surface area contributed by atoms with Crippen molar-refractivity contribution in [2.24, 2.45) is 0 Å². The fourth-order valence-electron chi connectivity index (χ4n) is 0.463. The first-order valence-corrected chi connectivity index (χ1v) is 3.46. The summed E-state index contributed by atoms with van der Waals surface area (Å²) in [6, 6.07) is 1.97. The van der Waals surface area contributed by atoms with Gasteiger partial charge >= 0.3 is 12.1 Å². The third kappa shape index (κ3) is 5.16. The number of hydrogen-bond donors (Lipinski definition) is 2. The van der Waals surface area contributed by atoms with Gasteiger partial charge in [-0.1, -0.05) is 0 Å². The smallest absolute Gasteiger partial charge is 0.475 e. The summed E-state index contributed by atoms with van der Waals surface area (Å²) in [6.07, 6.45) is -3.49. The van der Waals surface area contributed by atoms with Gasteiger partial charge in [0.1, 0.15) is 0 Å². The van der Waals surface area contributed by atoms with Crippen LogP contribution in [0, 0.1) is 11.3 Å². The predicted molar refractivity (Wildman–Crippen MR) is 40.3 cm³/mol. The molecule has 0 unspecified atom stereocenters. The highest BCUT2D eigenvalue weighted by atomic mass is 19.4. The number of allylic oxidation sites excluding steroid dienone is 1. The van der Waals surface area contributed by atoms with Gasteiger partial charge in [-0.15, -0.1) is 0 Å². The summed E-state index contributed by atoms with van der Waals surface area (Å²) in [5.74, 6) is -2.76. The maximum absolute atomic E-state index is 10.6. The number of carbonyl (C=O) groups is 1. The molecule has 0 radical (unpaired) electrons. The Morgan fingerprint density at radius 3 is 2.07 bits per heavy atom. The molecule has 14 heavy (non-hydrogen) atoms. The molecule has 1 heterocycles. The Bertz CT molecular complexity index is 272. The molecule has 0 aromatic carbocycles. The molecule has 0 aromatic heterocycles. The molecule has 1 rings (SSSR count). The molecule has 0 amide bonds. The molecule has 1 fully saturated rings. The van der Waals surface area contributed by atoms with Crippen molar-refractivity contribution in [1.29, 1.82) is 5.26 Å². The van der Waals surface area contributed by atoms with Gasteiger partial charge in [-0.05, 0) is 5.57 Å². The Morgan fingerprint density at radius 1 is 1.57 bits per heavy atom. The molecule has 1 saturated heterocycles. The molecule has 1 aliphatic rings. The summed E-state index contributed by atoms with van der Waals surface area (Å²) < 4.78 is 31.7. The average molecular weight is 208 g/mol. The molecule has 0 spiro atoms. The zero-order valence-corrected chi connectivity index (χ0v) is 6.93. The third-order valence-electron chi connectivity index (χ3n) is 1.22. The minimum Gasteiger partial charge on any atom is -0.475 e. The number of nitrogens with zero attached hydrogens (tertiary/aromatic N) is 1. The van der Waals surface area contributed by atoms with Crippen molar-refractivity contribution in [1.82, 2.24) is 5.32 Å². The Labute approximate surface area is 77.6 Å². The molecule has 0 aromatic rings. The zero-order chi connectivity index (χ0) is 11.2. The minimum atomic E-state index is -5.08. The van der Waals surface area contributed by atoms with Crippen LogP contribution in [0.3, 0.4) is 0 Å². The lowest BCUT2D eigenvalue weighted by atomic mass is 10.1. The van der Waals surface area contributed by atoms with Crippen LogP contribution in [0.1, 0.15) is 0 Å². The van der Waals surface area contributed by atoms with E-state index in [4.69, 9.17) is 15.2 Å². The van der Waals surface area contributed by atoms with E-state index in [0.29, 0.717) is 0 Å². The lowest BCUT2D eigenvalue weighted by molar-refractivity contribution is -0.192. The first-order valence-electron chi connectivity index (χ1n) is 3.46. The van der Waals surface area contributed by atoms with E-state index in [0.717, 1.165) is 13.1 Å². The fourth-order valence-corrected chi connectivity index (χ4v) is 0.463. The molecular weight excluding hydrogens is 201 g/mol. The normalized spacial score (nSPS) is 14.3. The van der Waals surface area contributed by atoms with Gasteiger partial charge in [0, 0.05) is 19.2 Å². The molecule has 1 aliphatic heterocycles. The lowest BCUT2D eigenvalue weighted by Crippen LogP contribution is -2.33. The molecule has 0 aliphatic carbocycles. The Hall–Kier alpha value is -1.55. The van der Waals surface area contributed by atoms with Crippen molar-refractivity contribution in [3.05, 3.63) is 11.6 Å². The number of carboxylic acid groups (broad SMARTS) is 1. The molecule has 4 nitrogen and oxygen atoms in total. The summed E-state index contributed by atoms with van der Waals surface area (Å²) >= 11 is 0. The summed E-state index contributed by atoms with van der Waals surface area (Å²) in [7, 11) is 0. The zero-order valence-electron chi connectivity index (χ0n) is 6.93. The molecule has 2 N–H and O–H groups in total. The van der Waals surface area contributed by atoms with E-state index in [1.54, 1.807) is 6.08 Å². The molecule has 78 valence electrons. The Kier molecular flexibility index (Phi) is 4.66. The number of alkyl halides is 3. The number of rotatable bonds is 0. The van der Waals surface area contributed by atoms with Crippen molar-refractivity contribution in [2.45, 2.75) is 6.18 Å². The van der Waals surface area contributed by atoms with E-state index in [9.17, 15) is 13.2 Å². The highest BCUT2D eigenvalue weighted by Gasteiger charge is 2.38. The van der Waals surface area contributed by atoms with Gasteiger partial charge in [0.05, 0.1) is 6.07 Å². The lowest BCUT2D eigenvalue weighted by Gasteiger charge is -2.16. The van der Waals surface area contributed by atoms with E-state index < -0.39 is 12.1 Å². The summed E-state index contributed by atoms with van der Waals surface area (Å²) in [5.41, 5.74) is 1.21. The van der Waals surface area contributed by atoms with Gasteiger partial charge in [0.2, 0.25) is 0 Å². The average Bonchev–Trinajstić information content (AvgIpc) is 1.96. The van der Waals surface area contributed by atoms with E-state index >= 15 is 0 Å². The summed E-state index contributed by atoms with van der Waals surface area (Å²) in [4.78, 5) is 8.90. The molecule has 0 saturated carbocycles. The monoisotopic (exact) mass is 208 g/mol. The molecule has 0 atom stereocenters. The number of nitriles is 1. The predicted octanol–water partition coefficient (Wildman–Crippen LogP) is 0.673. The maximum atomic E-state index is 10.6. The summed E-state index contributed by atoms with van der Waals surface area (Å²) in [5, 5.41) is 18.2. The van der Waals surface area contributed by atoms with Crippen LogP contribution in [0.4, 0.5) is 13.2 Å². The van der Waals surface area contributed by atoms with E-state index in [2.05, 4.69) is 5.32 Å². The largest absolute Gasteiger partial charge is 0.490 e. The first kappa shape index (κ1) is 12.4. The van der Waals surface area contributed by atoms with Gasteiger partial charge in [0.15, 0.2) is 0 Å². The number of halogens is 3. The van der Waals surface area contributed by atoms with Crippen LogP contribution in [0.15, 0.2) is 11.6 Å². The SMILES string of the molecule is N#CC=C1CNC1.O=C(O)C(F)(F)F. The van der Waals surface area contributed by atoms with E-state index in [1.165, 1.54) is 5.57 Å². The fraction of sp³-hybridized carbons (Fsp3) is 0.429. The molecular formula is C7H7F3N2O2. The maximum Gasteiger partial charge on any atom is 0.490 e. The van der Waals surface area contributed by atoms with E-state index in [1.807, 2.05) is 6.07 Å². The van der Waals surface area contributed by atoms with Gasteiger partial charge < -0.3 is 10.4 Å². The highest BCUT2D eigenvalue weighted by molar-refractivity contribution is 5.73. The Balaban J connectivity index is 0.000000241. The van der Waals surface area contributed by atoms with E-state index in [-0.39, 0.29) is 0 Å². The van der Waals surface area contributed by atoms with Crippen molar-refractivity contribution in [3.63, 3.8) is 0 Å². The second kappa shape index (κ2) is 5.24. The Morgan fingerprint density at radius 2 is 2.00 bits per heavy atom. The van der Waals surface area contributed by atoms with Crippen molar-refractivity contribution >= 4 is 5.97 Å². The van der Waals surface area contributed by atoms with Crippen molar-refractivity contribution in [3.8, 4) is 6.07 Å².